The monoisotopic (exact) mass is 287 g/mol. The van der Waals surface area contributed by atoms with E-state index in [1.54, 1.807) is 19.1 Å². The third kappa shape index (κ3) is 3.21. The van der Waals surface area contributed by atoms with Gasteiger partial charge in [-0.3, -0.25) is 0 Å². The number of carboxylic acids is 1. The summed E-state index contributed by atoms with van der Waals surface area (Å²) in [6.07, 6.45) is 0. The highest BCUT2D eigenvalue weighted by atomic mass is 79.9. The van der Waals surface area contributed by atoms with Crippen molar-refractivity contribution < 1.29 is 14.6 Å². The number of ether oxygens (including phenoxy) is 1. The van der Waals surface area contributed by atoms with Gasteiger partial charge in [0.25, 0.3) is 0 Å². The lowest BCUT2D eigenvalue weighted by Crippen LogP contribution is -2.47. The van der Waals surface area contributed by atoms with Gasteiger partial charge in [0.05, 0.1) is 6.61 Å². The molecule has 0 aromatic heterocycles. The molecular formula is C11H14BrNO3. The van der Waals surface area contributed by atoms with E-state index < -0.39 is 11.5 Å². The van der Waals surface area contributed by atoms with Gasteiger partial charge in [0.1, 0.15) is 0 Å². The average molecular weight is 288 g/mol. The average Bonchev–Trinajstić information content (AvgIpc) is 2.22. The molecule has 0 heterocycles. The quantitative estimate of drug-likeness (QED) is 0.873. The van der Waals surface area contributed by atoms with Gasteiger partial charge < -0.3 is 15.2 Å². The Bertz CT molecular complexity index is 366. The summed E-state index contributed by atoms with van der Waals surface area (Å²) in [7, 11) is 1.48. The van der Waals surface area contributed by atoms with Crippen LogP contribution in [0.25, 0.3) is 0 Å². The molecule has 1 aromatic carbocycles. The van der Waals surface area contributed by atoms with E-state index in [9.17, 15) is 4.79 Å². The molecule has 5 heteroatoms. The highest BCUT2D eigenvalue weighted by molar-refractivity contribution is 9.10. The second-order valence-corrected chi connectivity index (χ2v) is 4.62. The van der Waals surface area contributed by atoms with Crippen molar-refractivity contribution in [1.82, 2.24) is 0 Å². The van der Waals surface area contributed by atoms with Gasteiger partial charge >= 0.3 is 5.97 Å². The van der Waals surface area contributed by atoms with Gasteiger partial charge in [-0.05, 0) is 31.2 Å². The van der Waals surface area contributed by atoms with Gasteiger partial charge in [-0.2, -0.15) is 0 Å². The number of rotatable bonds is 5. The summed E-state index contributed by atoms with van der Waals surface area (Å²) >= 11 is 3.32. The maximum atomic E-state index is 11.1. The third-order valence-electron chi connectivity index (χ3n) is 2.17. The van der Waals surface area contributed by atoms with Crippen molar-refractivity contribution in [1.29, 1.82) is 0 Å². The highest BCUT2D eigenvalue weighted by Crippen LogP contribution is 2.19. The zero-order valence-corrected chi connectivity index (χ0v) is 10.7. The largest absolute Gasteiger partial charge is 0.479 e. The zero-order chi connectivity index (χ0) is 12.2. The molecule has 1 unspecified atom stereocenters. The second-order valence-electron chi connectivity index (χ2n) is 3.70. The molecule has 2 N–H and O–H groups in total. The van der Waals surface area contributed by atoms with Crippen molar-refractivity contribution >= 4 is 27.6 Å². The molecule has 0 amide bonds. The molecule has 0 aliphatic carbocycles. The molecular weight excluding hydrogens is 274 g/mol. The zero-order valence-electron chi connectivity index (χ0n) is 9.16. The molecule has 4 nitrogen and oxygen atoms in total. The number of halogens is 1. The first kappa shape index (κ1) is 13.0. The van der Waals surface area contributed by atoms with E-state index in [0.717, 1.165) is 10.2 Å². The van der Waals surface area contributed by atoms with Crippen molar-refractivity contribution in [2.24, 2.45) is 0 Å². The van der Waals surface area contributed by atoms with E-state index in [-0.39, 0.29) is 6.61 Å². The molecule has 0 bridgehead atoms. The lowest BCUT2D eigenvalue weighted by atomic mass is 10.0. The van der Waals surface area contributed by atoms with E-state index in [2.05, 4.69) is 21.2 Å². The number of carbonyl (C=O) groups is 1. The van der Waals surface area contributed by atoms with Gasteiger partial charge in [0, 0.05) is 17.3 Å². The summed E-state index contributed by atoms with van der Waals surface area (Å²) in [5.74, 6) is -0.947. The Morgan fingerprint density at radius 2 is 2.06 bits per heavy atom. The Morgan fingerprint density at radius 3 is 2.50 bits per heavy atom. The van der Waals surface area contributed by atoms with Gasteiger partial charge in [0.15, 0.2) is 5.54 Å². The molecule has 0 aliphatic heterocycles. The van der Waals surface area contributed by atoms with Crippen molar-refractivity contribution in [2.45, 2.75) is 12.5 Å². The number of hydrogen-bond acceptors (Lipinski definition) is 3. The fourth-order valence-corrected chi connectivity index (χ4v) is 1.56. The Labute approximate surface area is 103 Å². The first-order valence-corrected chi connectivity index (χ1v) is 5.53. The molecule has 0 fully saturated rings. The summed E-state index contributed by atoms with van der Waals surface area (Å²) < 4.78 is 5.86. The summed E-state index contributed by atoms with van der Waals surface area (Å²) in [6.45, 7) is 1.68. The van der Waals surface area contributed by atoms with Crippen LogP contribution < -0.4 is 5.32 Å². The number of nitrogens with one attached hydrogen (secondary N) is 1. The lowest BCUT2D eigenvalue weighted by molar-refractivity contribution is -0.143. The number of aliphatic carboxylic acids is 1. The van der Waals surface area contributed by atoms with E-state index in [1.807, 2.05) is 12.1 Å². The fraction of sp³-hybridized carbons (Fsp3) is 0.364. The molecule has 0 saturated heterocycles. The maximum Gasteiger partial charge on any atom is 0.331 e. The minimum atomic E-state index is -1.12. The summed E-state index contributed by atoms with van der Waals surface area (Å²) in [4.78, 5) is 11.1. The molecule has 16 heavy (non-hydrogen) atoms. The van der Waals surface area contributed by atoms with Crippen molar-refractivity contribution in [3.8, 4) is 0 Å². The standard InChI is InChI=1S/C11H14BrNO3/c1-11(7-16-2,10(14)15)13-9-5-3-8(12)4-6-9/h3-6,13H,7H2,1-2H3,(H,14,15). The van der Waals surface area contributed by atoms with Crippen molar-refractivity contribution in [3.63, 3.8) is 0 Å². The minimum absolute atomic E-state index is 0.0956. The lowest BCUT2D eigenvalue weighted by Gasteiger charge is -2.26. The Morgan fingerprint density at radius 1 is 1.50 bits per heavy atom. The van der Waals surface area contributed by atoms with Crippen molar-refractivity contribution in [2.75, 3.05) is 19.0 Å². The minimum Gasteiger partial charge on any atom is -0.479 e. The van der Waals surface area contributed by atoms with E-state index in [1.165, 1.54) is 7.11 Å². The summed E-state index contributed by atoms with van der Waals surface area (Å²) in [5.41, 5.74) is -0.382. The van der Waals surface area contributed by atoms with Crippen molar-refractivity contribution in [3.05, 3.63) is 28.7 Å². The summed E-state index contributed by atoms with van der Waals surface area (Å²) in [5, 5.41) is 12.1. The maximum absolute atomic E-state index is 11.1. The Hall–Kier alpha value is -1.07. The molecule has 88 valence electrons. The highest BCUT2D eigenvalue weighted by Gasteiger charge is 2.32. The number of anilines is 1. The van der Waals surface area contributed by atoms with Gasteiger partial charge in [-0.25, -0.2) is 4.79 Å². The predicted octanol–water partition coefficient (Wildman–Crippen LogP) is 2.35. The molecule has 1 rings (SSSR count). The molecule has 1 aromatic rings. The van der Waals surface area contributed by atoms with Crippen LogP contribution in [0.3, 0.4) is 0 Å². The van der Waals surface area contributed by atoms with E-state index in [4.69, 9.17) is 9.84 Å². The topological polar surface area (TPSA) is 58.6 Å². The van der Waals surface area contributed by atoms with E-state index in [0.29, 0.717) is 0 Å². The fourth-order valence-electron chi connectivity index (χ4n) is 1.29. The van der Waals surface area contributed by atoms with E-state index >= 15 is 0 Å². The SMILES string of the molecule is COCC(C)(Nc1ccc(Br)cc1)C(=O)O. The third-order valence-corrected chi connectivity index (χ3v) is 2.70. The molecule has 0 radical (unpaired) electrons. The predicted molar refractivity (Wildman–Crippen MR) is 65.7 cm³/mol. The Balaban J connectivity index is 2.83. The van der Waals surface area contributed by atoms with Crippen LogP contribution >= 0.6 is 15.9 Å². The van der Waals surface area contributed by atoms with Gasteiger partial charge in [-0.1, -0.05) is 15.9 Å². The number of carboxylic acid groups (broad SMARTS) is 1. The normalized spacial score (nSPS) is 14.2. The molecule has 0 spiro atoms. The van der Waals surface area contributed by atoms with Crippen LogP contribution in [0.4, 0.5) is 5.69 Å². The van der Waals surface area contributed by atoms with Crippen LogP contribution in [0.1, 0.15) is 6.92 Å². The first-order valence-electron chi connectivity index (χ1n) is 4.74. The van der Waals surface area contributed by atoms with Crippen LogP contribution in [0.15, 0.2) is 28.7 Å². The number of benzene rings is 1. The van der Waals surface area contributed by atoms with Gasteiger partial charge in [0.2, 0.25) is 0 Å². The van der Waals surface area contributed by atoms with Gasteiger partial charge in [-0.15, -0.1) is 0 Å². The molecule has 1 atom stereocenters. The smallest absolute Gasteiger partial charge is 0.331 e. The van der Waals surface area contributed by atoms with Crippen LogP contribution in [-0.2, 0) is 9.53 Å². The van der Waals surface area contributed by atoms with Crippen LogP contribution in [0, 0.1) is 0 Å². The summed E-state index contributed by atoms with van der Waals surface area (Å²) in [6, 6.07) is 7.30. The second kappa shape index (κ2) is 5.32. The number of methoxy groups -OCH3 is 1. The van der Waals surface area contributed by atoms with Crippen LogP contribution in [-0.4, -0.2) is 30.3 Å². The Kier molecular flexibility index (Phi) is 4.32. The first-order chi connectivity index (χ1) is 7.48. The molecule has 0 saturated carbocycles. The van der Waals surface area contributed by atoms with Crippen LogP contribution in [0.5, 0.6) is 0 Å². The molecule has 0 aliphatic rings. The van der Waals surface area contributed by atoms with Crippen LogP contribution in [0.2, 0.25) is 0 Å². The number of hydrogen-bond donors (Lipinski definition) is 2.